The molecule has 184 valence electrons. The number of anilines is 2. The first kappa shape index (κ1) is 25.5. The van der Waals surface area contributed by atoms with E-state index in [-0.39, 0.29) is 23.1 Å². The van der Waals surface area contributed by atoms with Gasteiger partial charge < -0.3 is 19.7 Å². The number of hydrogen-bond acceptors (Lipinski definition) is 8. The van der Waals surface area contributed by atoms with Gasteiger partial charge in [-0.15, -0.1) is 0 Å². The van der Waals surface area contributed by atoms with E-state index in [0.717, 1.165) is 18.6 Å². The lowest BCUT2D eigenvalue weighted by Crippen LogP contribution is -2.43. The second kappa shape index (κ2) is 11.8. The van der Waals surface area contributed by atoms with Gasteiger partial charge in [-0.1, -0.05) is 13.3 Å². The average Bonchev–Trinajstić information content (AvgIpc) is 3.18. The molecule has 0 aliphatic carbocycles. The predicted molar refractivity (Wildman–Crippen MR) is 129 cm³/mol. The molecule has 2 aromatic rings. The van der Waals surface area contributed by atoms with E-state index in [9.17, 15) is 18.0 Å². The van der Waals surface area contributed by atoms with Gasteiger partial charge in [0.1, 0.15) is 17.1 Å². The van der Waals surface area contributed by atoms with Gasteiger partial charge in [-0.3, -0.25) is 4.79 Å². The van der Waals surface area contributed by atoms with Gasteiger partial charge in [0.25, 0.3) is 5.91 Å². The highest BCUT2D eigenvalue weighted by molar-refractivity contribution is 7.91. The Labute approximate surface area is 200 Å². The minimum atomic E-state index is -3.14. The van der Waals surface area contributed by atoms with Crippen LogP contribution in [0.15, 0.2) is 42.6 Å². The topological polar surface area (TPSA) is 115 Å². The van der Waals surface area contributed by atoms with Crippen molar-refractivity contribution >= 4 is 33.2 Å². The number of aromatic nitrogens is 1. The number of pyridine rings is 1. The summed E-state index contributed by atoms with van der Waals surface area (Å²) in [5, 5.41) is 3.09. The largest absolute Gasteiger partial charge is 0.494 e. The van der Waals surface area contributed by atoms with E-state index in [1.165, 1.54) is 0 Å². The minimum Gasteiger partial charge on any atom is -0.494 e. The molecule has 1 aliphatic rings. The number of ether oxygens (including phenoxy) is 2. The first-order chi connectivity index (χ1) is 16.3. The van der Waals surface area contributed by atoms with E-state index in [0.29, 0.717) is 31.1 Å². The van der Waals surface area contributed by atoms with Crippen LogP contribution in [0.25, 0.3) is 0 Å². The third-order valence-electron chi connectivity index (χ3n) is 5.50. The predicted octanol–water partition coefficient (Wildman–Crippen LogP) is 3.20. The van der Waals surface area contributed by atoms with Crippen molar-refractivity contribution in [2.45, 2.75) is 39.2 Å². The molecule has 34 heavy (non-hydrogen) atoms. The summed E-state index contributed by atoms with van der Waals surface area (Å²) in [6.07, 6.45) is 3.56. The molecule has 0 radical (unpaired) electrons. The molecule has 1 fully saturated rings. The van der Waals surface area contributed by atoms with Crippen molar-refractivity contribution in [2.75, 3.05) is 36.6 Å². The number of nitrogens with one attached hydrogen (secondary N) is 1. The summed E-state index contributed by atoms with van der Waals surface area (Å²) in [4.78, 5) is 31.4. The number of unbranched alkanes of at least 4 members (excludes halogenated alkanes) is 1. The van der Waals surface area contributed by atoms with Gasteiger partial charge >= 0.3 is 5.97 Å². The monoisotopic (exact) mass is 489 g/mol. The molecule has 1 aromatic carbocycles. The molecule has 3 rings (SSSR count). The van der Waals surface area contributed by atoms with Crippen LogP contribution in [-0.4, -0.2) is 67.5 Å². The van der Waals surface area contributed by atoms with Crippen molar-refractivity contribution in [3.05, 3.63) is 48.2 Å². The molecule has 1 saturated heterocycles. The number of sulfone groups is 1. The van der Waals surface area contributed by atoms with Crippen molar-refractivity contribution in [3.63, 3.8) is 0 Å². The zero-order valence-electron chi connectivity index (χ0n) is 19.5. The smallest absolute Gasteiger partial charge is 0.342 e. The van der Waals surface area contributed by atoms with Gasteiger partial charge in [-0.25, -0.2) is 18.2 Å². The van der Waals surface area contributed by atoms with Gasteiger partial charge in [-0.05, 0) is 56.2 Å². The molecule has 1 N–H and O–H groups in total. The minimum absolute atomic E-state index is 0.0465. The Morgan fingerprint density at radius 1 is 1.18 bits per heavy atom. The Hall–Kier alpha value is -3.14. The second-order valence-corrected chi connectivity index (χ2v) is 10.3. The van der Waals surface area contributed by atoms with Crippen LogP contribution in [0, 0.1) is 0 Å². The number of carbonyl (C=O) groups excluding carboxylic acids is 2. The Bertz CT molecular complexity index is 1090. The van der Waals surface area contributed by atoms with Crippen molar-refractivity contribution in [1.82, 2.24) is 9.88 Å². The highest BCUT2D eigenvalue weighted by Gasteiger charge is 2.34. The molecule has 1 aromatic heterocycles. The zero-order chi connectivity index (χ0) is 24.6. The summed E-state index contributed by atoms with van der Waals surface area (Å²) in [6, 6.07) is 10.0. The van der Waals surface area contributed by atoms with Crippen LogP contribution in [0.2, 0.25) is 0 Å². The molecule has 2 heterocycles. The molecule has 1 atom stereocenters. The molecular formula is C24H31N3O6S. The quantitative estimate of drug-likeness (QED) is 0.479. The number of hydrogen-bond donors (Lipinski definition) is 1. The van der Waals surface area contributed by atoms with Crippen LogP contribution in [0.4, 0.5) is 11.5 Å². The highest BCUT2D eigenvalue weighted by atomic mass is 32.2. The summed E-state index contributed by atoms with van der Waals surface area (Å²) in [5.74, 6) is -0.0272. The lowest BCUT2D eigenvalue weighted by molar-refractivity contribution is -0.136. The maximum Gasteiger partial charge on any atom is 0.342 e. The molecule has 0 spiro atoms. The van der Waals surface area contributed by atoms with Crippen molar-refractivity contribution in [2.24, 2.45) is 0 Å². The highest BCUT2D eigenvalue weighted by Crippen LogP contribution is 2.22. The number of benzene rings is 1. The third kappa shape index (κ3) is 6.93. The molecule has 9 nitrogen and oxygen atoms in total. The van der Waals surface area contributed by atoms with Gasteiger partial charge in [0.05, 0.1) is 18.1 Å². The van der Waals surface area contributed by atoms with E-state index >= 15 is 0 Å². The summed E-state index contributed by atoms with van der Waals surface area (Å²) in [6.45, 7) is 4.44. The lowest BCUT2D eigenvalue weighted by Gasteiger charge is -2.28. The van der Waals surface area contributed by atoms with Gasteiger partial charge in [0.15, 0.2) is 16.4 Å². The first-order valence-electron chi connectivity index (χ1n) is 11.4. The molecule has 0 bridgehead atoms. The van der Waals surface area contributed by atoms with Gasteiger partial charge in [0.2, 0.25) is 0 Å². The van der Waals surface area contributed by atoms with Crippen LogP contribution in [0.1, 0.15) is 43.5 Å². The SMILES string of the molecule is CCCCN(C(=O)COC(=O)c1cccnc1Nc1ccc(OCC)cc1)C1CCS(=O)(=O)C1. The van der Waals surface area contributed by atoms with Crippen LogP contribution >= 0.6 is 0 Å². The standard InChI is InChI=1S/C24H31N3O6S/c1-3-5-14-27(19-12-15-34(30,31)17-19)22(28)16-33-24(29)21-7-6-13-25-23(21)26-18-8-10-20(11-9-18)32-4-2/h6-11,13,19H,3-5,12,14-17H2,1-2H3,(H,25,26). The van der Waals surface area contributed by atoms with Gasteiger partial charge in [0, 0.05) is 24.5 Å². The van der Waals surface area contributed by atoms with Gasteiger partial charge in [-0.2, -0.15) is 0 Å². The number of carbonyl (C=O) groups is 2. The van der Waals surface area contributed by atoms with Crippen LogP contribution < -0.4 is 10.1 Å². The Morgan fingerprint density at radius 2 is 1.94 bits per heavy atom. The fraction of sp³-hybridized carbons (Fsp3) is 0.458. The summed E-state index contributed by atoms with van der Waals surface area (Å²) in [5.41, 5.74) is 0.896. The maximum atomic E-state index is 12.9. The van der Waals surface area contributed by atoms with Crippen molar-refractivity contribution < 1.29 is 27.5 Å². The molecule has 10 heteroatoms. The van der Waals surface area contributed by atoms with Crippen molar-refractivity contribution in [1.29, 1.82) is 0 Å². The number of nitrogens with zero attached hydrogens (tertiary/aromatic N) is 2. The normalized spacial score (nSPS) is 16.6. The van der Waals surface area contributed by atoms with Crippen LogP contribution in [-0.2, 0) is 19.4 Å². The Balaban J connectivity index is 1.65. The summed E-state index contributed by atoms with van der Waals surface area (Å²) in [7, 11) is -3.14. The molecular weight excluding hydrogens is 458 g/mol. The fourth-order valence-corrected chi connectivity index (χ4v) is 5.49. The second-order valence-electron chi connectivity index (χ2n) is 8.06. The van der Waals surface area contributed by atoms with E-state index < -0.39 is 28.3 Å². The number of rotatable bonds is 11. The third-order valence-corrected chi connectivity index (χ3v) is 7.25. The molecule has 0 saturated carbocycles. The maximum absolute atomic E-state index is 12.9. The molecule has 1 aliphatic heterocycles. The first-order valence-corrected chi connectivity index (χ1v) is 13.3. The van der Waals surface area contributed by atoms with E-state index in [1.807, 2.05) is 13.8 Å². The van der Waals surface area contributed by atoms with E-state index in [4.69, 9.17) is 9.47 Å². The average molecular weight is 490 g/mol. The lowest BCUT2D eigenvalue weighted by atomic mass is 10.2. The van der Waals surface area contributed by atoms with E-state index in [2.05, 4.69) is 10.3 Å². The van der Waals surface area contributed by atoms with Crippen LogP contribution in [0.5, 0.6) is 5.75 Å². The fourth-order valence-electron chi connectivity index (χ4n) is 3.76. The number of amides is 1. The molecule has 1 amide bonds. The summed E-state index contributed by atoms with van der Waals surface area (Å²) >= 11 is 0. The molecule has 1 unspecified atom stereocenters. The Kier molecular flexibility index (Phi) is 8.86. The zero-order valence-corrected chi connectivity index (χ0v) is 20.3. The van der Waals surface area contributed by atoms with Crippen molar-refractivity contribution in [3.8, 4) is 5.75 Å². The number of esters is 1. The summed E-state index contributed by atoms with van der Waals surface area (Å²) < 4.78 is 34.5. The Morgan fingerprint density at radius 3 is 2.59 bits per heavy atom. The van der Waals surface area contributed by atoms with Crippen LogP contribution in [0.3, 0.4) is 0 Å². The van der Waals surface area contributed by atoms with E-state index in [1.54, 1.807) is 47.5 Å².